The highest BCUT2D eigenvalue weighted by Crippen LogP contribution is 2.21. The summed E-state index contributed by atoms with van der Waals surface area (Å²) in [6.07, 6.45) is 7.02. The molecule has 0 bridgehead atoms. The Morgan fingerprint density at radius 2 is 0.915 bits per heavy atom. The van der Waals surface area contributed by atoms with Crippen molar-refractivity contribution in [2.75, 3.05) is 137 Å². The third-order valence-electron chi connectivity index (χ3n) is 14.3. The van der Waals surface area contributed by atoms with Crippen LogP contribution in [0, 0.1) is 5.92 Å². The second-order valence-electron chi connectivity index (χ2n) is 22.9. The van der Waals surface area contributed by atoms with E-state index in [1.165, 1.54) is 0 Å². The lowest BCUT2D eigenvalue weighted by atomic mass is 9.98. The Kier molecular flexibility index (Phi) is 51.9. The number of aromatic nitrogens is 6. The molecule has 4 heterocycles. The molecule has 6 aromatic rings. The van der Waals surface area contributed by atoms with E-state index >= 15 is 0 Å². The fourth-order valence-corrected chi connectivity index (χ4v) is 8.76. The van der Waals surface area contributed by atoms with Crippen LogP contribution in [0.1, 0.15) is 87.4 Å². The number of nitrogens with zero attached hydrogens (tertiary/aromatic N) is 8. The summed E-state index contributed by atoms with van der Waals surface area (Å²) in [5.41, 5.74) is 5.43. The molecule has 586 valence electrons. The molecule has 0 radical (unpaired) electrons. The highest BCUT2D eigenvalue weighted by atomic mass is 35.5. The van der Waals surface area contributed by atoms with Crippen molar-refractivity contribution in [3.63, 3.8) is 0 Å². The first kappa shape index (κ1) is 94.1. The average Bonchev–Trinajstić information content (AvgIpc) is 1.00. The number of benzene rings is 4. The van der Waals surface area contributed by atoms with E-state index in [9.17, 15) is 38.4 Å². The highest BCUT2D eigenvalue weighted by molar-refractivity contribution is 6.31. The maximum absolute atomic E-state index is 11.4. The molecule has 2 fully saturated rings. The lowest BCUT2D eigenvalue weighted by molar-refractivity contribution is -0.143. The third-order valence-corrected chi connectivity index (χ3v) is 14.6. The third kappa shape index (κ3) is 52.1. The zero-order valence-electron chi connectivity index (χ0n) is 61.0. The molecule has 2 aliphatic rings. The first-order valence-corrected chi connectivity index (χ1v) is 34.4. The number of aliphatic carboxylic acids is 7. The number of piperidine rings is 1. The zero-order chi connectivity index (χ0) is 78.9. The number of carbonyl (C=O) groups is 8. The molecule has 0 saturated carbocycles. The monoisotopic (exact) mass is 1530 g/mol. The van der Waals surface area contributed by atoms with Crippen molar-refractivity contribution in [2.45, 2.75) is 89.9 Å². The number of carbonyl (C=O) groups excluding carboxylic acids is 1. The number of likely N-dealkylation sites (tertiary alicyclic amines) is 1. The first-order chi connectivity index (χ1) is 50.6. The van der Waals surface area contributed by atoms with Gasteiger partial charge in [0.1, 0.15) is 17.2 Å². The van der Waals surface area contributed by atoms with E-state index in [0.29, 0.717) is 75.8 Å². The molecule has 106 heavy (non-hydrogen) atoms. The van der Waals surface area contributed by atoms with E-state index in [-0.39, 0.29) is 80.6 Å². The smallest absolute Gasteiger partial charge is 0.306 e. The minimum absolute atomic E-state index is 0.00995. The Morgan fingerprint density at radius 1 is 0.500 bits per heavy atom. The van der Waals surface area contributed by atoms with Gasteiger partial charge in [-0.1, -0.05) is 29.5 Å². The molecule has 4 aromatic carbocycles. The Labute approximate surface area is 626 Å². The van der Waals surface area contributed by atoms with E-state index in [2.05, 4.69) is 63.4 Å². The van der Waals surface area contributed by atoms with Gasteiger partial charge in [0.25, 0.3) is 0 Å². The molecule has 0 unspecified atom stereocenters. The van der Waals surface area contributed by atoms with Crippen LogP contribution in [0.3, 0.4) is 0 Å². The predicted octanol–water partition coefficient (Wildman–Crippen LogP) is 8.42. The van der Waals surface area contributed by atoms with Crippen LogP contribution >= 0.6 is 23.2 Å². The van der Waals surface area contributed by atoms with Crippen LogP contribution in [0.4, 0.5) is 23.0 Å². The predicted molar refractivity (Wildman–Crippen MR) is 397 cm³/mol. The molecule has 8 rings (SSSR count). The number of morpholine rings is 1. The van der Waals surface area contributed by atoms with Crippen molar-refractivity contribution in [1.82, 2.24) is 45.1 Å². The minimum Gasteiger partial charge on any atom is -0.497 e. The number of carboxylic acids is 7. The average molecular weight is 1530 g/mol. The molecule has 2 saturated heterocycles. The van der Waals surface area contributed by atoms with Crippen molar-refractivity contribution in [3.05, 3.63) is 131 Å². The van der Waals surface area contributed by atoms with Crippen LogP contribution in [0.15, 0.2) is 103 Å². The number of hydrogen-bond acceptors (Lipinski definition) is 24. The molecular weight excluding hydrogens is 1430 g/mol. The maximum atomic E-state index is 11.4. The van der Waals surface area contributed by atoms with Crippen LogP contribution in [-0.4, -0.2) is 245 Å². The van der Waals surface area contributed by atoms with Gasteiger partial charge in [0, 0.05) is 95.6 Å². The van der Waals surface area contributed by atoms with Gasteiger partial charge in [0.2, 0.25) is 22.4 Å². The van der Waals surface area contributed by atoms with Crippen LogP contribution in [0.2, 0.25) is 10.6 Å². The van der Waals surface area contributed by atoms with E-state index in [0.717, 1.165) is 91.9 Å². The molecule has 0 spiro atoms. The SMILES string of the molecule is CN1CCC(C(=O)O)CC1.CN1CCOCC1.CNc1ccc(CCC(=O)O)cc1.COc1ccc(CCC(=O)O)cc1.COc1ccc(NC(=O)CCCC(=O)O)cc1.COc1ccc(Nc2nc(Cl)nc(Cl)n2)cc1.Cn1cc(CCCC(=O)O)nn1.O=C(O)CCOCCNCCOCCC(=O)O. The van der Waals surface area contributed by atoms with Crippen LogP contribution in [-0.2, 0) is 78.9 Å². The van der Waals surface area contributed by atoms with E-state index in [1.807, 2.05) is 86.9 Å². The summed E-state index contributed by atoms with van der Waals surface area (Å²) in [5.74, 6) is -3.25. The van der Waals surface area contributed by atoms with Crippen molar-refractivity contribution in [1.29, 1.82) is 0 Å². The lowest BCUT2D eigenvalue weighted by Crippen LogP contribution is -2.33. The highest BCUT2D eigenvalue weighted by Gasteiger charge is 2.22. The Morgan fingerprint density at radius 3 is 1.31 bits per heavy atom. The van der Waals surface area contributed by atoms with Gasteiger partial charge >= 0.3 is 41.8 Å². The number of likely N-dealkylation sites (N-methyl/N-ethyl adjacent to an activating group) is 1. The summed E-state index contributed by atoms with van der Waals surface area (Å²) in [4.78, 5) is 98.9. The number of carboxylic acid groups (broad SMARTS) is 7. The van der Waals surface area contributed by atoms with Gasteiger partial charge in [-0.3, -0.25) is 43.0 Å². The second kappa shape index (κ2) is 58.4. The molecular formula is C71H102Cl2N12O21. The number of amides is 1. The van der Waals surface area contributed by atoms with Gasteiger partial charge in [0.15, 0.2) is 0 Å². The van der Waals surface area contributed by atoms with Crippen molar-refractivity contribution in [3.8, 4) is 17.2 Å². The van der Waals surface area contributed by atoms with Crippen molar-refractivity contribution >= 4 is 93.9 Å². The Bertz CT molecular complexity index is 3320. The van der Waals surface area contributed by atoms with Crippen LogP contribution in [0.5, 0.6) is 17.2 Å². The quantitative estimate of drug-likeness (QED) is 0.0169. The number of ether oxygens (including phenoxy) is 6. The topological polar surface area (TPSA) is 458 Å². The number of aryl methyl sites for hydroxylation is 4. The fourth-order valence-electron chi connectivity index (χ4n) is 8.39. The fraction of sp³-hybridized carbons (Fsp3) is 0.479. The number of rotatable bonds is 34. The summed E-state index contributed by atoms with van der Waals surface area (Å²) in [7, 11) is 12.6. The molecule has 2 aromatic heterocycles. The molecule has 35 heteroatoms. The number of methoxy groups -OCH3 is 3. The molecule has 0 atom stereocenters. The van der Waals surface area contributed by atoms with E-state index in [4.69, 9.17) is 87.4 Å². The Balaban J connectivity index is 0.000000612. The summed E-state index contributed by atoms with van der Waals surface area (Å²) < 4.78 is 31.8. The first-order valence-electron chi connectivity index (χ1n) is 33.6. The number of anilines is 4. The zero-order valence-corrected chi connectivity index (χ0v) is 62.5. The summed E-state index contributed by atoms with van der Waals surface area (Å²) in [5, 5.41) is 78.2. The van der Waals surface area contributed by atoms with E-state index in [1.54, 1.807) is 63.5 Å². The maximum Gasteiger partial charge on any atom is 0.306 e. The lowest BCUT2D eigenvalue weighted by Gasteiger charge is -2.25. The van der Waals surface area contributed by atoms with Crippen molar-refractivity contribution in [2.24, 2.45) is 13.0 Å². The normalized spacial score (nSPS) is 12.2. The Hall–Kier alpha value is -9.87. The number of halogens is 2. The van der Waals surface area contributed by atoms with Crippen LogP contribution in [0.25, 0.3) is 0 Å². The van der Waals surface area contributed by atoms with Gasteiger partial charge in [-0.15, -0.1) is 5.10 Å². The van der Waals surface area contributed by atoms with Gasteiger partial charge in [-0.2, -0.15) is 15.0 Å². The largest absolute Gasteiger partial charge is 0.497 e. The summed E-state index contributed by atoms with van der Waals surface area (Å²) >= 11 is 11.3. The second-order valence-corrected chi connectivity index (χ2v) is 23.6. The van der Waals surface area contributed by atoms with Crippen LogP contribution < -0.4 is 35.5 Å². The summed E-state index contributed by atoms with van der Waals surface area (Å²) in [6, 6.07) is 29.4. The van der Waals surface area contributed by atoms with Gasteiger partial charge < -0.3 is 95.2 Å². The molecule has 2 aliphatic heterocycles. The van der Waals surface area contributed by atoms with Crippen molar-refractivity contribution < 1.29 is 103 Å². The standard InChI is InChI=1S/C12H15NO4.C10H8Cl2N4O.C10H19NO6.C10H13NO2.C10H12O3.C7H11N3O2.C7H13NO2.C5H11NO/c1-17-10-7-5-9(6-8-10)13-11(14)3-2-4-12(15)16;1-17-7-4-2-6(3-5-7)13-10-15-8(11)14-9(12)16-10;12-9(13)1-5-16-7-3-11-4-8-17-6-2-10(14)15;1-11-9-5-2-8(3-6-9)4-7-10(12)13;1-13-9-5-2-8(3-6-9)4-7-10(11)12;1-10-5-6(8-9-10)3-2-4-7(11)12;1-8-4-2-6(3-5-8)7(9)10;1-6-2-4-7-5-3-6/h5-8H,2-4H2,1H3,(H,13,14)(H,15,16);2-5H,1H3,(H,13,14,15,16);11H,1-8H2,(H,12,13)(H,14,15);2-3,5-6,11H,4,7H2,1H3,(H,12,13);2-3,5-6H,4,7H2,1H3,(H,11,12);5H,2-4H2,1H3,(H,11,12);6H,2-5H2,1H3,(H,9,10);2-5H2,1H3. The minimum atomic E-state index is -0.887. The number of hydrogen-bond donors (Lipinski definition) is 11. The molecule has 0 aliphatic carbocycles. The van der Waals surface area contributed by atoms with E-state index < -0.39 is 41.8 Å². The molecule has 11 N–H and O–H groups in total. The molecule has 1 amide bonds. The molecule has 33 nitrogen and oxygen atoms in total. The summed E-state index contributed by atoms with van der Waals surface area (Å²) in [6.45, 7) is 8.42. The van der Waals surface area contributed by atoms with Gasteiger partial charge in [0.05, 0.1) is 85.4 Å². The van der Waals surface area contributed by atoms with Gasteiger partial charge in [-0.05, 0) is 179 Å². The number of nitrogens with one attached hydrogen (secondary N) is 4. The van der Waals surface area contributed by atoms with Gasteiger partial charge in [-0.25, -0.2) is 0 Å².